The van der Waals surface area contributed by atoms with Crippen LogP contribution >= 0.6 is 11.3 Å². The second kappa shape index (κ2) is 8.05. The molecule has 1 amide bonds. The van der Waals surface area contributed by atoms with E-state index in [-0.39, 0.29) is 18.2 Å². The topological polar surface area (TPSA) is 85.8 Å². The molecule has 27 heavy (non-hydrogen) atoms. The molecule has 3 aromatic rings. The normalized spacial score (nSPS) is 10.6. The summed E-state index contributed by atoms with van der Waals surface area (Å²) in [6.45, 7) is 2.01. The molecule has 0 bridgehead atoms. The minimum absolute atomic E-state index is 0.0256. The van der Waals surface area contributed by atoms with Gasteiger partial charge in [-0.1, -0.05) is 6.07 Å². The quantitative estimate of drug-likeness (QED) is 0.447. The molecule has 0 unspecified atom stereocenters. The van der Waals surface area contributed by atoms with Gasteiger partial charge >= 0.3 is 0 Å². The monoisotopic (exact) mass is 386 g/mol. The first kappa shape index (κ1) is 18.7. The fourth-order valence-electron chi connectivity index (χ4n) is 2.52. The molecule has 2 aromatic heterocycles. The van der Waals surface area contributed by atoms with Crippen molar-refractivity contribution in [2.75, 3.05) is 13.7 Å². The average molecular weight is 386 g/mol. The number of non-ortho nitro benzene ring substituents is 1. The lowest BCUT2D eigenvalue weighted by Gasteiger charge is -2.17. The molecule has 8 heteroatoms. The Bertz CT molecular complexity index is 949. The van der Waals surface area contributed by atoms with E-state index in [4.69, 9.17) is 9.15 Å². The molecule has 0 saturated heterocycles. The molecule has 3 rings (SSSR count). The van der Waals surface area contributed by atoms with Crippen LogP contribution in [0.2, 0.25) is 0 Å². The molecule has 0 atom stereocenters. The molecular weight excluding hydrogens is 368 g/mol. The number of ether oxygens (including phenoxy) is 1. The number of furan rings is 1. The smallest absolute Gasteiger partial charge is 0.270 e. The molecule has 0 radical (unpaired) electrons. The van der Waals surface area contributed by atoms with Crippen LogP contribution in [-0.2, 0) is 11.3 Å². The number of hydrogen-bond acceptors (Lipinski definition) is 6. The number of carbonyl (C=O) groups is 1. The highest BCUT2D eigenvalue weighted by molar-refractivity contribution is 7.13. The van der Waals surface area contributed by atoms with E-state index in [0.717, 1.165) is 10.6 Å². The number of rotatable bonds is 7. The van der Waals surface area contributed by atoms with Crippen LogP contribution in [0.1, 0.15) is 11.5 Å². The second-order valence-corrected chi connectivity index (χ2v) is 6.91. The van der Waals surface area contributed by atoms with Gasteiger partial charge in [0.2, 0.25) is 0 Å². The number of nitro groups is 1. The predicted molar refractivity (Wildman–Crippen MR) is 102 cm³/mol. The van der Waals surface area contributed by atoms with Crippen molar-refractivity contribution in [2.45, 2.75) is 13.5 Å². The van der Waals surface area contributed by atoms with Gasteiger partial charge < -0.3 is 14.1 Å². The van der Waals surface area contributed by atoms with Crippen molar-refractivity contribution >= 4 is 22.9 Å². The molecule has 0 spiro atoms. The summed E-state index contributed by atoms with van der Waals surface area (Å²) in [5, 5.41) is 12.9. The first-order valence-corrected chi connectivity index (χ1v) is 9.06. The van der Waals surface area contributed by atoms with Crippen molar-refractivity contribution < 1.29 is 18.9 Å². The summed E-state index contributed by atoms with van der Waals surface area (Å²) in [4.78, 5) is 25.3. The number of hydrogen-bond donors (Lipinski definition) is 0. The van der Waals surface area contributed by atoms with Gasteiger partial charge in [-0.05, 0) is 36.6 Å². The van der Waals surface area contributed by atoms with E-state index in [0.29, 0.717) is 23.6 Å². The standard InChI is InChI=1S/C19H18N2O5S/c1-13-5-7-15(26-13)11-20(2)19(22)12-25-17-8-6-14(21(23)24)10-16(17)18-4-3-9-27-18/h3-10H,11-12H2,1-2H3. The van der Waals surface area contributed by atoms with E-state index in [9.17, 15) is 14.9 Å². The number of nitrogens with zero attached hydrogens (tertiary/aromatic N) is 2. The van der Waals surface area contributed by atoms with Crippen LogP contribution in [0.4, 0.5) is 5.69 Å². The molecule has 0 saturated carbocycles. The largest absolute Gasteiger partial charge is 0.483 e. The summed E-state index contributed by atoms with van der Waals surface area (Å²) in [6.07, 6.45) is 0. The zero-order chi connectivity index (χ0) is 19.4. The predicted octanol–water partition coefficient (Wildman–Crippen LogP) is 4.26. The maximum atomic E-state index is 12.4. The SMILES string of the molecule is Cc1ccc(CN(C)C(=O)COc2ccc([N+](=O)[O-])cc2-c2cccs2)o1. The van der Waals surface area contributed by atoms with Crippen molar-refractivity contribution in [1.29, 1.82) is 0 Å². The Balaban J connectivity index is 1.71. The maximum absolute atomic E-state index is 12.4. The van der Waals surface area contributed by atoms with E-state index in [2.05, 4.69) is 0 Å². The molecule has 7 nitrogen and oxygen atoms in total. The summed E-state index contributed by atoms with van der Waals surface area (Å²) in [6, 6.07) is 11.7. The van der Waals surface area contributed by atoms with Crippen LogP contribution in [0.25, 0.3) is 10.4 Å². The molecule has 0 N–H and O–H groups in total. The number of carbonyl (C=O) groups excluding carboxylic acids is 1. The van der Waals surface area contributed by atoms with E-state index in [1.165, 1.54) is 34.4 Å². The Morgan fingerprint density at radius 1 is 1.30 bits per heavy atom. The van der Waals surface area contributed by atoms with Gasteiger partial charge in [-0.15, -0.1) is 11.3 Å². The first-order valence-electron chi connectivity index (χ1n) is 8.18. The van der Waals surface area contributed by atoms with Gasteiger partial charge in [0.25, 0.3) is 11.6 Å². The Morgan fingerprint density at radius 2 is 2.11 bits per heavy atom. The Kier molecular flexibility index (Phi) is 5.56. The van der Waals surface area contributed by atoms with Gasteiger partial charge in [0.05, 0.1) is 11.5 Å². The molecule has 2 heterocycles. The summed E-state index contributed by atoms with van der Waals surface area (Å²) in [5.74, 6) is 1.68. The molecule has 140 valence electrons. The van der Waals surface area contributed by atoms with Gasteiger partial charge in [-0.25, -0.2) is 0 Å². The summed E-state index contributed by atoms with van der Waals surface area (Å²) in [5.41, 5.74) is 0.568. The van der Waals surface area contributed by atoms with Gasteiger partial charge in [0, 0.05) is 29.6 Å². The lowest BCUT2D eigenvalue weighted by atomic mass is 10.1. The molecule has 1 aromatic carbocycles. The first-order chi connectivity index (χ1) is 12.9. The lowest BCUT2D eigenvalue weighted by molar-refractivity contribution is -0.384. The van der Waals surface area contributed by atoms with Gasteiger partial charge in [-0.2, -0.15) is 0 Å². The van der Waals surface area contributed by atoms with Crippen molar-refractivity contribution in [3.63, 3.8) is 0 Å². The third-order valence-corrected chi connectivity index (χ3v) is 4.83. The van der Waals surface area contributed by atoms with Gasteiger partial charge in [0.15, 0.2) is 6.61 Å². The third-order valence-electron chi connectivity index (χ3n) is 3.93. The Morgan fingerprint density at radius 3 is 2.74 bits per heavy atom. The molecule has 0 aliphatic carbocycles. The zero-order valence-corrected chi connectivity index (χ0v) is 15.7. The summed E-state index contributed by atoms with van der Waals surface area (Å²) < 4.78 is 11.2. The number of benzene rings is 1. The second-order valence-electron chi connectivity index (χ2n) is 5.97. The minimum Gasteiger partial charge on any atom is -0.483 e. The number of aryl methyl sites for hydroxylation is 1. The fourth-order valence-corrected chi connectivity index (χ4v) is 3.27. The number of thiophene rings is 1. The Labute approximate surface area is 159 Å². The van der Waals surface area contributed by atoms with E-state index < -0.39 is 4.92 Å². The molecule has 0 aliphatic rings. The minimum atomic E-state index is -0.453. The van der Waals surface area contributed by atoms with Crippen molar-refractivity contribution in [3.05, 3.63) is 69.5 Å². The maximum Gasteiger partial charge on any atom is 0.270 e. The highest BCUT2D eigenvalue weighted by Gasteiger charge is 2.17. The van der Waals surface area contributed by atoms with Crippen molar-refractivity contribution in [3.8, 4) is 16.2 Å². The van der Waals surface area contributed by atoms with Crippen molar-refractivity contribution in [2.24, 2.45) is 0 Å². The van der Waals surface area contributed by atoms with Crippen LogP contribution in [0, 0.1) is 17.0 Å². The fraction of sp³-hybridized carbons (Fsp3) is 0.211. The highest BCUT2D eigenvalue weighted by atomic mass is 32.1. The molecule has 0 fully saturated rings. The number of amides is 1. The summed E-state index contributed by atoms with van der Waals surface area (Å²) >= 11 is 1.44. The van der Waals surface area contributed by atoms with Crippen LogP contribution in [0.5, 0.6) is 5.75 Å². The van der Waals surface area contributed by atoms with Crippen LogP contribution in [0.15, 0.2) is 52.3 Å². The molecular formula is C19H18N2O5S. The number of likely N-dealkylation sites (N-methyl/N-ethyl adjacent to an activating group) is 1. The average Bonchev–Trinajstić information content (AvgIpc) is 3.31. The van der Waals surface area contributed by atoms with Crippen LogP contribution < -0.4 is 4.74 Å². The van der Waals surface area contributed by atoms with Gasteiger partial charge in [0.1, 0.15) is 17.3 Å². The zero-order valence-electron chi connectivity index (χ0n) is 14.9. The van der Waals surface area contributed by atoms with Crippen molar-refractivity contribution in [1.82, 2.24) is 4.90 Å². The van der Waals surface area contributed by atoms with E-state index >= 15 is 0 Å². The van der Waals surface area contributed by atoms with Crippen LogP contribution in [0.3, 0.4) is 0 Å². The van der Waals surface area contributed by atoms with E-state index in [1.807, 2.05) is 36.6 Å². The van der Waals surface area contributed by atoms with E-state index in [1.54, 1.807) is 7.05 Å². The van der Waals surface area contributed by atoms with Crippen LogP contribution in [-0.4, -0.2) is 29.4 Å². The Hall–Kier alpha value is -3.13. The molecule has 0 aliphatic heterocycles. The van der Waals surface area contributed by atoms with Gasteiger partial charge in [-0.3, -0.25) is 14.9 Å². The highest BCUT2D eigenvalue weighted by Crippen LogP contribution is 2.36. The lowest BCUT2D eigenvalue weighted by Crippen LogP contribution is -2.30. The summed E-state index contributed by atoms with van der Waals surface area (Å²) in [7, 11) is 1.67. The number of nitro benzene ring substituents is 1. The third kappa shape index (κ3) is 4.53.